The smallest absolute Gasteiger partial charge is 0.251 e. The van der Waals surface area contributed by atoms with E-state index >= 15 is 0 Å². The van der Waals surface area contributed by atoms with Gasteiger partial charge in [-0.3, -0.25) is 15.1 Å². The highest BCUT2D eigenvalue weighted by Gasteiger charge is 2.34. The number of carbonyl (C=O) groups excluding carboxylic acids is 1. The molecule has 1 amide bonds. The lowest BCUT2D eigenvalue weighted by Crippen LogP contribution is -2.55. The molecular weight excluding hydrogens is 214 g/mol. The lowest BCUT2D eigenvalue weighted by Gasteiger charge is -2.41. The summed E-state index contributed by atoms with van der Waals surface area (Å²) in [5, 5.41) is 0. The first-order valence-electron chi connectivity index (χ1n) is 6.71. The number of nitrogens with one attached hydrogen (secondary N) is 1. The van der Waals surface area contributed by atoms with Crippen LogP contribution in [0.25, 0.3) is 0 Å². The van der Waals surface area contributed by atoms with E-state index in [1.807, 2.05) is 0 Å². The fourth-order valence-corrected chi connectivity index (χ4v) is 3.15. The quantitative estimate of drug-likeness (QED) is 0.445. The van der Waals surface area contributed by atoms with E-state index in [0.29, 0.717) is 12.0 Å². The standard InChI is InChI=1S/C13H27N3O/c1-9(2)12(13(17)15-14)16(4)11-8-6-5-7-10(11)3/h9-12H,5-8,14H2,1-4H3,(H,15,17). The fraction of sp³-hybridized carbons (Fsp3) is 0.923. The maximum absolute atomic E-state index is 11.9. The molecule has 0 heterocycles. The molecule has 0 aromatic heterocycles. The molecule has 1 aliphatic rings. The number of nitrogens with zero attached hydrogens (tertiary/aromatic N) is 1. The molecule has 17 heavy (non-hydrogen) atoms. The fourth-order valence-electron chi connectivity index (χ4n) is 3.15. The lowest BCUT2D eigenvalue weighted by atomic mass is 9.83. The molecule has 0 aromatic carbocycles. The Bertz CT molecular complexity index is 255. The van der Waals surface area contributed by atoms with E-state index in [1.54, 1.807) is 0 Å². The zero-order chi connectivity index (χ0) is 13.0. The number of hydrogen-bond donors (Lipinski definition) is 2. The molecular formula is C13H27N3O. The monoisotopic (exact) mass is 241 g/mol. The summed E-state index contributed by atoms with van der Waals surface area (Å²) in [4.78, 5) is 14.1. The molecule has 1 rings (SSSR count). The minimum Gasteiger partial charge on any atom is -0.293 e. The van der Waals surface area contributed by atoms with Gasteiger partial charge in [0.05, 0.1) is 6.04 Å². The lowest BCUT2D eigenvalue weighted by molar-refractivity contribution is -0.129. The highest BCUT2D eigenvalue weighted by molar-refractivity contribution is 5.81. The van der Waals surface area contributed by atoms with Crippen molar-refractivity contribution in [2.75, 3.05) is 7.05 Å². The van der Waals surface area contributed by atoms with E-state index in [1.165, 1.54) is 25.7 Å². The topological polar surface area (TPSA) is 58.4 Å². The second-order valence-electron chi connectivity index (χ2n) is 5.69. The number of amides is 1. The number of rotatable bonds is 4. The van der Waals surface area contributed by atoms with Crippen LogP contribution in [0.2, 0.25) is 0 Å². The van der Waals surface area contributed by atoms with Crippen molar-refractivity contribution in [3.63, 3.8) is 0 Å². The van der Waals surface area contributed by atoms with Gasteiger partial charge in [-0.15, -0.1) is 0 Å². The Morgan fingerprint density at radius 1 is 1.35 bits per heavy atom. The van der Waals surface area contributed by atoms with Crippen molar-refractivity contribution in [2.45, 2.75) is 58.5 Å². The highest BCUT2D eigenvalue weighted by atomic mass is 16.2. The van der Waals surface area contributed by atoms with Gasteiger partial charge in [-0.05, 0) is 31.7 Å². The number of hydrazine groups is 1. The SMILES string of the molecule is CC(C)C(C(=O)NN)N(C)C1CCCCC1C. The summed E-state index contributed by atoms with van der Waals surface area (Å²) in [6, 6.07) is 0.388. The van der Waals surface area contributed by atoms with Gasteiger partial charge in [0.2, 0.25) is 0 Å². The van der Waals surface area contributed by atoms with Crippen LogP contribution in [0.15, 0.2) is 0 Å². The van der Waals surface area contributed by atoms with E-state index in [0.717, 1.165) is 0 Å². The van der Waals surface area contributed by atoms with Gasteiger partial charge in [0, 0.05) is 6.04 Å². The summed E-state index contributed by atoms with van der Waals surface area (Å²) in [5.74, 6) is 6.16. The summed E-state index contributed by atoms with van der Waals surface area (Å²) in [6.45, 7) is 6.44. The summed E-state index contributed by atoms with van der Waals surface area (Å²) >= 11 is 0. The molecule has 1 saturated carbocycles. The van der Waals surface area contributed by atoms with Crippen LogP contribution in [-0.4, -0.2) is 29.9 Å². The maximum Gasteiger partial charge on any atom is 0.251 e. The Labute approximate surface area is 105 Å². The summed E-state index contributed by atoms with van der Waals surface area (Å²) < 4.78 is 0. The average Bonchev–Trinajstić information content (AvgIpc) is 2.28. The largest absolute Gasteiger partial charge is 0.293 e. The Morgan fingerprint density at radius 3 is 2.41 bits per heavy atom. The van der Waals surface area contributed by atoms with Gasteiger partial charge in [0.25, 0.3) is 5.91 Å². The van der Waals surface area contributed by atoms with Crippen LogP contribution in [0.4, 0.5) is 0 Å². The van der Waals surface area contributed by atoms with Crippen LogP contribution in [0.3, 0.4) is 0 Å². The van der Waals surface area contributed by atoms with E-state index < -0.39 is 0 Å². The first-order chi connectivity index (χ1) is 7.99. The zero-order valence-electron chi connectivity index (χ0n) is 11.6. The Kier molecular flexibility index (Phi) is 5.40. The van der Waals surface area contributed by atoms with Crippen LogP contribution in [0.5, 0.6) is 0 Å². The maximum atomic E-state index is 11.9. The first kappa shape index (κ1) is 14.5. The van der Waals surface area contributed by atoms with Gasteiger partial charge in [0.1, 0.15) is 0 Å². The van der Waals surface area contributed by atoms with Gasteiger partial charge in [-0.1, -0.05) is 33.6 Å². The number of likely N-dealkylation sites (N-methyl/N-ethyl adjacent to an activating group) is 1. The van der Waals surface area contributed by atoms with E-state index in [2.05, 4.69) is 38.1 Å². The minimum absolute atomic E-state index is 0.0692. The Balaban J connectivity index is 2.75. The molecule has 3 atom stereocenters. The van der Waals surface area contributed by atoms with Gasteiger partial charge in [-0.2, -0.15) is 0 Å². The molecule has 0 radical (unpaired) electrons. The van der Waals surface area contributed by atoms with Gasteiger partial charge >= 0.3 is 0 Å². The third-order valence-corrected chi connectivity index (χ3v) is 4.07. The first-order valence-corrected chi connectivity index (χ1v) is 6.71. The normalized spacial score (nSPS) is 27.2. The molecule has 4 nitrogen and oxygen atoms in total. The number of carbonyl (C=O) groups is 1. The predicted octanol–water partition coefficient (Wildman–Crippen LogP) is 1.51. The molecule has 1 fully saturated rings. The van der Waals surface area contributed by atoms with Crippen LogP contribution in [0, 0.1) is 11.8 Å². The van der Waals surface area contributed by atoms with Crippen LogP contribution in [-0.2, 0) is 4.79 Å². The van der Waals surface area contributed by atoms with Crippen LogP contribution in [0.1, 0.15) is 46.5 Å². The van der Waals surface area contributed by atoms with Crippen molar-refractivity contribution < 1.29 is 4.79 Å². The van der Waals surface area contributed by atoms with E-state index in [9.17, 15) is 4.79 Å². The average molecular weight is 241 g/mol. The summed E-state index contributed by atoms with van der Waals surface area (Å²) in [5.41, 5.74) is 2.30. The molecule has 0 spiro atoms. The minimum atomic E-state index is -0.120. The molecule has 0 aliphatic heterocycles. The summed E-state index contributed by atoms with van der Waals surface area (Å²) in [7, 11) is 2.06. The molecule has 3 N–H and O–H groups in total. The highest BCUT2D eigenvalue weighted by Crippen LogP contribution is 2.29. The second-order valence-corrected chi connectivity index (χ2v) is 5.69. The third kappa shape index (κ3) is 3.42. The molecule has 3 unspecified atom stereocenters. The van der Waals surface area contributed by atoms with Crippen LogP contribution < -0.4 is 11.3 Å². The number of hydrogen-bond acceptors (Lipinski definition) is 3. The second kappa shape index (κ2) is 6.36. The van der Waals surface area contributed by atoms with E-state index in [4.69, 9.17) is 5.84 Å². The van der Waals surface area contributed by atoms with Crippen molar-refractivity contribution in [3.8, 4) is 0 Å². The van der Waals surface area contributed by atoms with Crippen LogP contribution >= 0.6 is 0 Å². The summed E-state index contributed by atoms with van der Waals surface area (Å²) in [6.07, 6.45) is 5.05. The predicted molar refractivity (Wildman–Crippen MR) is 70.1 cm³/mol. The third-order valence-electron chi connectivity index (χ3n) is 4.07. The van der Waals surface area contributed by atoms with Crippen molar-refractivity contribution in [2.24, 2.45) is 17.7 Å². The molecule has 1 aliphatic carbocycles. The molecule has 4 heteroatoms. The molecule has 0 aromatic rings. The Hall–Kier alpha value is -0.610. The molecule has 100 valence electrons. The van der Waals surface area contributed by atoms with Gasteiger partial charge < -0.3 is 0 Å². The van der Waals surface area contributed by atoms with Crippen molar-refractivity contribution >= 4 is 5.91 Å². The molecule has 0 saturated heterocycles. The molecule has 0 bridgehead atoms. The van der Waals surface area contributed by atoms with Crippen molar-refractivity contribution in [1.29, 1.82) is 0 Å². The van der Waals surface area contributed by atoms with Crippen molar-refractivity contribution in [1.82, 2.24) is 10.3 Å². The zero-order valence-corrected chi connectivity index (χ0v) is 11.6. The van der Waals surface area contributed by atoms with Gasteiger partial charge in [0.15, 0.2) is 0 Å². The Morgan fingerprint density at radius 2 is 1.94 bits per heavy atom. The number of nitrogens with two attached hydrogens (primary N) is 1. The van der Waals surface area contributed by atoms with Gasteiger partial charge in [-0.25, -0.2) is 5.84 Å². The van der Waals surface area contributed by atoms with E-state index in [-0.39, 0.29) is 17.9 Å². The van der Waals surface area contributed by atoms with Crippen molar-refractivity contribution in [3.05, 3.63) is 0 Å².